The second kappa shape index (κ2) is 7.27. The molecule has 4 aromatic rings. The van der Waals surface area contributed by atoms with Gasteiger partial charge in [0.15, 0.2) is 0 Å². The maximum atomic E-state index is 15.3. The first kappa shape index (κ1) is 18.7. The number of hydrogen-bond donors (Lipinski definition) is 2. The van der Waals surface area contributed by atoms with Crippen LogP contribution in [0.15, 0.2) is 36.8 Å². The fourth-order valence-corrected chi connectivity index (χ4v) is 4.71. The van der Waals surface area contributed by atoms with E-state index in [1.165, 1.54) is 25.7 Å². The molecule has 4 heterocycles. The Morgan fingerprint density at radius 2 is 2.00 bits per heavy atom. The number of pyridine rings is 1. The van der Waals surface area contributed by atoms with Crippen LogP contribution in [-0.4, -0.2) is 31.5 Å². The number of rotatable bonds is 4. The summed E-state index contributed by atoms with van der Waals surface area (Å²) in [4.78, 5) is 4.54. The lowest BCUT2D eigenvalue weighted by atomic mass is 9.93. The van der Waals surface area contributed by atoms with E-state index >= 15 is 4.39 Å². The molecule has 2 fully saturated rings. The monoisotopic (exact) mass is 416 g/mol. The number of hydrogen-bond acceptors (Lipinski definition) is 4. The first-order valence-corrected chi connectivity index (χ1v) is 11.1. The summed E-state index contributed by atoms with van der Waals surface area (Å²) in [5.41, 5.74) is 5.74. The van der Waals surface area contributed by atoms with Crippen molar-refractivity contribution in [1.29, 1.82) is 0 Å². The SMILES string of the molecule is Cc1cc([C@@H]2CCCCN2)cc(F)c1-c1cc2c(-c3cnn(C4CC4)c3)n[nH]c2cn1. The fourth-order valence-electron chi connectivity index (χ4n) is 4.71. The van der Waals surface area contributed by atoms with Crippen molar-refractivity contribution in [1.82, 2.24) is 30.3 Å². The molecule has 0 bridgehead atoms. The summed E-state index contributed by atoms with van der Waals surface area (Å²) in [6.45, 7) is 2.96. The van der Waals surface area contributed by atoms with Gasteiger partial charge < -0.3 is 5.32 Å². The lowest BCUT2D eigenvalue weighted by molar-refractivity contribution is 0.411. The van der Waals surface area contributed by atoms with Crippen molar-refractivity contribution in [2.45, 2.75) is 51.1 Å². The molecule has 2 aliphatic rings. The third-order valence-corrected chi connectivity index (χ3v) is 6.52. The quantitative estimate of drug-likeness (QED) is 0.486. The summed E-state index contributed by atoms with van der Waals surface area (Å²) in [5, 5.41) is 16.5. The van der Waals surface area contributed by atoms with Crippen LogP contribution in [0.2, 0.25) is 0 Å². The molecule has 0 radical (unpaired) electrons. The number of benzene rings is 1. The van der Waals surface area contributed by atoms with Gasteiger partial charge >= 0.3 is 0 Å². The molecule has 1 saturated carbocycles. The van der Waals surface area contributed by atoms with Gasteiger partial charge in [-0.3, -0.25) is 14.8 Å². The van der Waals surface area contributed by atoms with Gasteiger partial charge in [-0.05, 0) is 62.4 Å². The molecular formula is C24H25FN6. The summed E-state index contributed by atoms with van der Waals surface area (Å²) >= 11 is 0. The van der Waals surface area contributed by atoms with E-state index in [2.05, 4.69) is 31.7 Å². The number of halogens is 1. The molecule has 2 N–H and O–H groups in total. The Labute approximate surface area is 179 Å². The van der Waals surface area contributed by atoms with Gasteiger partial charge in [0.05, 0.1) is 29.6 Å². The van der Waals surface area contributed by atoms with Gasteiger partial charge in [-0.2, -0.15) is 10.2 Å². The molecule has 0 spiro atoms. The summed E-state index contributed by atoms with van der Waals surface area (Å²) in [5.74, 6) is -0.221. The third kappa shape index (κ3) is 3.33. The molecule has 0 unspecified atom stereocenters. The molecule has 1 saturated heterocycles. The molecule has 3 aromatic heterocycles. The number of nitrogens with one attached hydrogen (secondary N) is 2. The topological polar surface area (TPSA) is 71.4 Å². The van der Waals surface area contributed by atoms with E-state index in [0.717, 1.165) is 46.3 Å². The molecule has 1 aromatic carbocycles. The minimum absolute atomic E-state index is 0.221. The molecular weight excluding hydrogens is 391 g/mol. The maximum Gasteiger partial charge on any atom is 0.133 e. The molecule has 6 nitrogen and oxygen atoms in total. The second-order valence-electron chi connectivity index (χ2n) is 8.82. The van der Waals surface area contributed by atoms with Crippen molar-refractivity contribution in [3.05, 3.63) is 53.7 Å². The van der Waals surface area contributed by atoms with Gasteiger partial charge in [-0.25, -0.2) is 4.39 Å². The van der Waals surface area contributed by atoms with Crippen LogP contribution >= 0.6 is 0 Å². The lowest BCUT2D eigenvalue weighted by Gasteiger charge is -2.24. The minimum atomic E-state index is -0.221. The fraction of sp³-hybridized carbons (Fsp3) is 0.375. The Morgan fingerprint density at radius 3 is 2.77 bits per heavy atom. The molecule has 31 heavy (non-hydrogen) atoms. The highest BCUT2D eigenvalue weighted by atomic mass is 19.1. The predicted octanol–water partition coefficient (Wildman–Crippen LogP) is 5.09. The van der Waals surface area contributed by atoms with Crippen molar-refractivity contribution in [3.63, 3.8) is 0 Å². The van der Waals surface area contributed by atoms with E-state index in [1.54, 1.807) is 12.3 Å². The van der Waals surface area contributed by atoms with Gasteiger partial charge in [0, 0.05) is 28.8 Å². The average molecular weight is 417 g/mol. The number of aromatic amines is 1. The number of aryl methyl sites for hydroxylation is 1. The van der Waals surface area contributed by atoms with Gasteiger partial charge in [0.25, 0.3) is 0 Å². The Bertz CT molecular complexity index is 1240. The van der Waals surface area contributed by atoms with Crippen LogP contribution in [0.25, 0.3) is 33.4 Å². The van der Waals surface area contributed by atoms with Crippen LogP contribution in [0.4, 0.5) is 4.39 Å². The van der Waals surface area contributed by atoms with Gasteiger partial charge in [0.2, 0.25) is 0 Å². The molecule has 158 valence electrons. The van der Waals surface area contributed by atoms with Crippen LogP contribution in [0.5, 0.6) is 0 Å². The van der Waals surface area contributed by atoms with Crippen molar-refractivity contribution >= 4 is 10.9 Å². The molecule has 1 aliphatic carbocycles. The van der Waals surface area contributed by atoms with Gasteiger partial charge in [-0.1, -0.05) is 12.5 Å². The van der Waals surface area contributed by atoms with Gasteiger partial charge in [-0.15, -0.1) is 0 Å². The molecule has 0 amide bonds. The van der Waals surface area contributed by atoms with E-state index in [-0.39, 0.29) is 11.9 Å². The van der Waals surface area contributed by atoms with Crippen LogP contribution in [0.1, 0.15) is 55.3 Å². The van der Waals surface area contributed by atoms with Crippen LogP contribution in [-0.2, 0) is 0 Å². The Kier molecular flexibility index (Phi) is 4.38. The third-order valence-electron chi connectivity index (χ3n) is 6.52. The smallest absolute Gasteiger partial charge is 0.133 e. The van der Waals surface area contributed by atoms with E-state index in [9.17, 15) is 0 Å². The van der Waals surface area contributed by atoms with E-state index < -0.39 is 0 Å². The van der Waals surface area contributed by atoms with Crippen molar-refractivity contribution in [2.24, 2.45) is 0 Å². The zero-order valence-corrected chi connectivity index (χ0v) is 17.5. The zero-order valence-electron chi connectivity index (χ0n) is 17.5. The summed E-state index contributed by atoms with van der Waals surface area (Å²) in [6, 6.07) is 6.46. The molecule has 7 heteroatoms. The van der Waals surface area contributed by atoms with Crippen molar-refractivity contribution in [2.75, 3.05) is 6.54 Å². The highest BCUT2D eigenvalue weighted by Crippen LogP contribution is 2.37. The highest BCUT2D eigenvalue weighted by Gasteiger charge is 2.25. The van der Waals surface area contributed by atoms with E-state index in [0.29, 0.717) is 17.3 Å². The summed E-state index contributed by atoms with van der Waals surface area (Å²) < 4.78 is 17.3. The Morgan fingerprint density at radius 1 is 1.10 bits per heavy atom. The number of aromatic nitrogens is 5. The van der Waals surface area contributed by atoms with Crippen LogP contribution in [0, 0.1) is 12.7 Å². The lowest BCUT2D eigenvalue weighted by Crippen LogP contribution is -2.26. The number of fused-ring (bicyclic) bond motifs is 1. The van der Waals surface area contributed by atoms with E-state index in [1.807, 2.05) is 30.1 Å². The Balaban J connectivity index is 1.40. The number of H-pyrrole nitrogens is 1. The molecule has 1 aliphatic heterocycles. The maximum absolute atomic E-state index is 15.3. The molecule has 6 rings (SSSR count). The highest BCUT2D eigenvalue weighted by molar-refractivity contribution is 5.94. The largest absolute Gasteiger partial charge is 0.310 e. The molecule has 1 atom stereocenters. The van der Waals surface area contributed by atoms with Crippen molar-refractivity contribution in [3.8, 4) is 22.5 Å². The van der Waals surface area contributed by atoms with Crippen molar-refractivity contribution < 1.29 is 4.39 Å². The minimum Gasteiger partial charge on any atom is -0.310 e. The first-order valence-electron chi connectivity index (χ1n) is 11.1. The number of piperidine rings is 1. The zero-order chi connectivity index (χ0) is 20.9. The summed E-state index contributed by atoms with van der Waals surface area (Å²) in [6.07, 6.45) is 11.4. The first-order chi connectivity index (χ1) is 15.2. The van der Waals surface area contributed by atoms with Crippen LogP contribution in [0.3, 0.4) is 0 Å². The van der Waals surface area contributed by atoms with E-state index in [4.69, 9.17) is 0 Å². The standard InChI is InChI=1S/C24H25FN6/c1-14-8-15(20-4-2-3-7-26-20)9-19(25)23(14)21-10-18-22(12-27-21)29-30-24(18)16-11-28-31(13-16)17-5-6-17/h8-13,17,20,26H,2-7H2,1H3,(H,29,30)/t20-/m0/s1. The predicted molar refractivity (Wildman–Crippen MR) is 118 cm³/mol. The summed E-state index contributed by atoms with van der Waals surface area (Å²) in [7, 11) is 0. The van der Waals surface area contributed by atoms with Gasteiger partial charge in [0.1, 0.15) is 11.5 Å². The normalized spacial score (nSPS) is 19.2. The average Bonchev–Trinajstić information content (AvgIpc) is 3.37. The number of nitrogens with zero attached hydrogens (tertiary/aromatic N) is 4. The second-order valence-corrected chi connectivity index (χ2v) is 8.82. The Hall–Kier alpha value is -3.06. The van der Waals surface area contributed by atoms with Crippen LogP contribution < -0.4 is 5.32 Å².